The molecule has 2 heterocycles. The molecule has 1 aromatic carbocycles. The number of fused-ring (bicyclic) bond motifs is 1. The third-order valence-corrected chi connectivity index (χ3v) is 7.38. The normalized spacial score (nSPS) is 25.3. The lowest BCUT2D eigenvalue weighted by molar-refractivity contribution is -0.138. The Morgan fingerprint density at radius 1 is 1.35 bits per heavy atom. The number of amidine groups is 1. The van der Waals surface area contributed by atoms with Crippen molar-refractivity contribution in [3.8, 4) is 5.75 Å². The largest absolute Gasteiger partial charge is 0.497 e. The number of aliphatic carboxylic acids is 1. The summed E-state index contributed by atoms with van der Waals surface area (Å²) in [5.41, 5.74) is 0.686. The van der Waals surface area contributed by atoms with Crippen LogP contribution in [0.1, 0.15) is 12.8 Å². The number of amides is 1. The number of thioether (sulfide) groups is 1. The van der Waals surface area contributed by atoms with Crippen LogP contribution in [0.5, 0.6) is 5.75 Å². The maximum atomic E-state index is 12.0. The fourth-order valence-electron chi connectivity index (χ4n) is 3.00. The lowest BCUT2D eigenvalue weighted by Crippen LogP contribution is -2.37. The van der Waals surface area contributed by atoms with Gasteiger partial charge in [0.2, 0.25) is 5.91 Å². The van der Waals surface area contributed by atoms with Gasteiger partial charge < -0.3 is 14.7 Å². The van der Waals surface area contributed by atoms with Crippen molar-refractivity contribution in [1.82, 2.24) is 0 Å². The van der Waals surface area contributed by atoms with Gasteiger partial charge in [0.25, 0.3) is 0 Å². The molecule has 0 spiro atoms. The van der Waals surface area contributed by atoms with Gasteiger partial charge in [-0.25, -0.2) is 8.42 Å². The van der Waals surface area contributed by atoms with Crippen LogP contribution in [0.15, 0.2) is 29.3 Å². The first-order chi connectivity index (χ1) is 12.3. The van der Waals surface area contributed by atoms with Gasteiger partial charge in [-0.15, -0.1) is 0 Å². The summed E-state index contributed by atoms with van der Waals surface area (Å²) >= 11 is 1.25. The molecule has 0 aromatic heterocycles. The first kappa shape index (κ1) is 18.7. The van der Waals surface area contributed by atoms with Gasteiger partial charge in [-0.1, -0.05) is 17.8 Å². The zero-order valence-electron chi connectivity index (χ0n) is 14.0. The number of aliphatic imine (C=N–C) groups is 1. The zero-order valence-corrected chi connectivity index (χ0v) is 15.6. The van der Waals surface area contributed by atoms with Crippen molar-refractivity contribution in [2.45, 2.75) is 24.1 Å². The van der Waals surface area contributed by atoms with E-state index in [0.29, 0.717) is 16.6 Å². The Morgan fingerprint density at radius 2 is 2.12 bits per heavy atom. The van der Waals surface area contributed by atoms with Crippen LogP contribution in [0.4, 0.5) is 5.69 Å². The van der Waals surface area contributed by atoms with Crippen LogP contribution >= 0.6 is 11.8 Å². The molecule has 0 bridgehead atoms. The van der Waals surface area contributed by atoms with Crippen molar-refractivity contribution in [2.75, 3.05) is 23.5 Å². The monoisotopic (exact) mass is 398 g/mol. The molecule has 2 saturated heterocycles. The fourth-order valence-corrected chi connectivity index (χ4v) is 6.93. The Bertz CT molecular complexity index is 867. The molecule has 0 saturated carbocycles. The topological polar surface area (TPSA) is 113 Å². The van der Waals surface area contributed by atoms with Crippen LogP contribution in [0.3, 0.4) is 0 Å². The van der Waals surface area contributed by atoms with Crippen LogP contribution in [0.25, 0.3) is 0 Å². The van der Waals surface area contributed by atoms with Crippen LogP contribution in [0.2, 0.25) is 0 Å². The number of benzene rings is 1. The SMILES string of the molecule is COc1cccc(N2C(=NC(=O)CCC(=O)O)S[C@H]3CS(=O)(=O)C[C@@H]32)c1. The number of carboxylic acids is 1. The van der Waals surface area contributed by atoms with E-state index >= 15 is 0 Å². The molecular formula is C16H18N2O6S2. The number of ether oxygens (including phenoxy) is 1. The highest BCUT2D eigenvalue weighted by Crippen LogP contribution is 2.41. The molecule has 2 aliphatic heterocycles. The molecular weight excluding hydrogens is 380 g/mol. The van der Waals surface area contributed by atoms with Crippen LogP contribution < -0.4 is 9.64 Å². The van der Waals surface area contributed by atoms with Crippen molar-refractivity contribution in [2.24, 2.45) is 4.99 Å². The van der Waals surface area contributed by atoms with E-state index in [4.69, 9.17) is 9.84 Å². The molecule has 8 nitrogen and oxygen atoms in total. The second-order valence-corrected chi connectivity index (χ2v) is 9.41. The standard InChI is InChI=1S/C16H18N2O6S2/c1-24-11-4-2-3-10(7-11)18-12-8-26(22,23)9-13(12)25-16(18)17-14(19)5-6-15(20)21/h2-4,7,12-13H,5-6,8-9H2,1H3,(H,20,21)/t12-,13-/m0/s1. The molecule has 1 N–H and O–H groups in total. The summed E-state index contributed by atoms with van der Waals surface area (Å²) in [7, 11) is -1.61. The van der Waals surface area contributed by atoms with Gasteiger partial charge in [0.15, 0.2) is 15.0 Å². The lowest BCUT2D eigenvalue weighted by atomic mass is 10.2. The van der Waals surface area contributed by atoms with E-state index in [0.717, 1.165) is 0 Å². The predicted octanol–water partition coefficient (Wildman–Crippen LogP) is 1.16. The second kappa shape index (κ2) is 7.28. The van der Waals surface area contributed by atoms with E-state index < -0.39 is 21.7 Å². The third kappa shape index (κ3) is 4.01. The Labute approximate surface area is 155 Å². The number of anilines is 1. The number of nitrogens with zero attached hydrogens (tertiary/aromatic N) is 2. The minimum absolute atomic E-state index is 0.00971. The van der Waals surface area contributed by atoms with Gasteiger partial charge in [0.05, 0.1) is 31.1 Å². The molecule has 2 aliphatic rings. The van der Waals surface area contributed by atoms with E-state index in [1.165, 1.54) is 18.9 Å². The highest BCUT2D eigenvalue weighted by molar-refractivity contribution is 8.16. The van der Waals surface area contributed by atoms with Gasteiger partial charge >= 0.3 is 5.97 Å². The molecule has 0 radical (unpaired) electrons. The summed E-state index contributed by atoms with van der Waals surface area (Å²) in [5, 5.41) is 8.89. The molecule has 2 atom stereocenters. The molecule has 3 rings (SSSR count). The molecule has 1 aromatic rings. The van der Waals surface area contributed by atoms with E-state index in [2.05, 4.69) is 4.99 Å². The number of carboxylic acid groups (broad SMARTS) is 1. The summed E-state index contributed by atoms with van der Waals surface area (Å²) in [5.74, 6) is -0.973. The molecule has 2 fully saturated rings. The van der Waals surface area contributed by atoms with E-state index in [1.807, 2.05) is 0 Å². The van der Waals surface area contributed by atoms with E-state index in [9.17, 15) is 18.0 Å². The molecule has 140 valence electrons. The lowest BCUT2D eigenvalue weighted by Gasteiger charge is -2.24. The van der Waals surface area contributed by atoms with Crippen LogP contribution in [-0.2, 0) is 19.4 Å². The minimum atomic E-state index is -3.15. The number of carbonyl (C=O) groups excluding carboxylic acids is 1. The Balaban J connectivity index is 1.93. The summed E-state index contributed by atoms with van der Waals surface area (Å²) in [6.07, 6.45) is -0.486. The quantitative estimate of drug-likeness (QED) is 0.786. The maximum absolute atomic E-state index is 12.0. The van der Waals surface area contributed by atoms with Crippen LogP contribution in [-0.4, -0.2) is 60.5 Å². The van der Waals surface area contributed by atoms with Crippen molar-refractivity contribution in [3.63, 3.8) is 0 Å². The second-order valence-electron chi connectivity index (χ2n) is 6.05. The van der Waals surface area contributed by atoms with Gasteiger partial charge in [-0.3, -0.25) is 9.59 Å². The van der Waals surface area contributed by atoms with Gasteiger partial charge in [0, 0.05) is 23.4 Å². The van der Waals surface area contributed by atoms with Gasteiger partial charge in [-0.2, -0.15) is 4.99 Å². The van der Waals surface area contributed by atoms with Crippen LogP contribution in [0, 0.1) is 0 Å². The Kier molecular flexibility index (Phi) is 5.24. The first-order valence-corrected chi connectivity index (χ1v) is 10.6. The fraction of sp³-hybridized carbons (Fsp3) is 0.438. The van der Waals surface area contributed by atoms with E-state index in [-0.39, 0.29) is 35.6 Å². The van der Waals surface area contributed by atoms with Gasteiger partial charge in [0.1, 0.15) is 5.75 Å². The first-order valence-electron chi connectivity index (χ1n) is 7.93. The van der Waals surface area contributed by atoms with Crippen molar-refractivity contribution < 1.29 is 27.9 Å². The van der Waals surface area contributed by atoms with Crippen molar-refractivity contribution in [3.05, 3.63) is 24.3 Å². The minimum Gasteiger partial charge on any atom is -0.497 e. The molecule has 26 heavy (non-hydrogen) atoms. The highest BCUT2D eigenvalue weighted by atomic mass is 32.2. The predicted molar refractivity (Wildman–Crippen MR) is 98.6 cm³/mol. The third-order valence-electron chi connectivity index (χ3n) is 4.17. The Hall–Kier alpha value is -2.07. The number of rotatable bonds is 5. The highest BCUT2D eigenvalue weighted by Gasteiger charge is 2.49. The summed E-state index contributed by atoms with van der Waals surface area (Å²) in [6, 6.07) is 6.78. The number of carbonyl (C=O) groups is 2. The number of methoxy groups -OCH3 is 1. The molecule has 1 amide bonds. The average Bonchev–Trinajstić information content (AvgIpc) is 3.03. The summed E-state index contributed by atoms with van der Waals surface area (Å²) < 4.78 is 29.3. The summed E-state index contributed by atoms with van der Waals surface area (Å²) in [4.78, 5) is 28.5. The molecule has 10 heteroatoms. The van der Waals surface area contributed by atoms with Crippen molar-refractivity contribution >= 4 is 44.3 Å². The van der Waals surface area contributed by atoms with Crippen molar-refractivity contribution in [1.29, 1.82) is 0 Å². The number of hydrogen-bond donors (Lipinski definition) is 1. The Morgan fingerprint density at radius 3 is 2.81 bits per heavy atom. The maximum Gasteiger partial charge on any atom is 0.303 e. The smallest absolute Gasteiger partial charge is 0.303 e. The van der Waals surface area contributed by atoms with E-state index in [1.54, 1.807) is 29.2 Å². The zero-order chi connectivity index (χ0) is 18.9. The number of hydrogen-bond acceptors (Lipinski definition) is 6. The average molecular weight is 398 g/mol. The molecule has 0 unspecified atom stereocenters. The van der Waals surface area contributed by atoms with Gasteiger partial charge in [-0.05, 0) is 12.1 Å². The number of sulfone groups is 1. The molecule has 0 aliphatic carbocycles. The summed E-state index contributed by atoms with van der Waals surface area (Å²) in [6.45, 7) is 0.